The number of nitrogens with one attached hydrogen (secondary N) is 1. The average molecular weight is 460 g/mol. The predicted octanol–water partition coefficient (Wildman–Crippen LogP) is 3.92. The van der Waals surface area contributed by atoms with Crippen molar-refractivity contribution in [3.8, 4) is 11.3 Å². The Labute approximate surface area is 199 Å². The van der Waals surface area contributed by atoms with E-state index in [1.807, 2.05) is 4.52 Å². The highest BCUT2D eigenvalue weighted by molar-refractivity contribution is 5.90. The summed E-state index contributed by atoms with van der Waals surface area (Å²) in [5, 5.41) is 4.41. The Balaban J connectivity index is 1.41. The molecule has 0 bridgehead atoms. The molecule has 1 atom stereocenters. The molecule has 2 saturated heterocycles. The monoisotopic (exact) mass is 459 g/mol. The zero-order valence-corrected chi connectivity index (χ0v) is 20.7. The molecule has 6 heterocycles. The van der Waals surface area contributed by atoms with Crippen molar-refractivity contribution in [1.82, 2.24) is 29.5 Å². The molecule has 0 unspecified atom stereocenters. The van der Waals surface area contributed by atoms with Gasteiger partial charge in [0.15, 0.2) is 5.65 Å². The molecule has 2 fully saturated rings. The van der Waals surface area contributed by atoms with Gasteiger partial charge in [-0.05, 0) is 49.9 Å². The van der Waals surface area contributed by atoms with Gasteiger partial charge in [-0.3, -0.25) is 4.90 Å². The van der Waals surface area contributed by atoms with E-state index in [1.54, 1.807) is 6.33 Å². The minimum absolute atomic E-state index is 0.325. The van der Waals surface area contributed by atoms with Crippen LogP contribution in [0.25, 0.3) is 27.9 Å². The molecule has 0 spiro atoms. The van der Waals surface area contributed by atoms with Gasteiger partial charge in [0.05, 0.1) is 36.0 Å². The lowest BCUT2D eigenvalue weighted by molar-refractivity contribution is -0.0691. The zero-order valence-electron chi connectivity index (χ0n) is 20.7. The Bertz CT molecular complexity index is 1370. The summed E-state index contributed by atoms with van der Waals surface area (Å²) < 4.78 is 7.29. The summed E-state index contributed by atoms with van der Waals surface area (Å²) in [5.41, 5.74) is 8.98. The molecule has 4 aromatic heterocycles. The van der Waals surface area contributed by atoms with E-state index in [1.165, 1.54) is 11.1 Å². The van der Waals surface area contributed by atoms with Gasteiger partial charge in [0.1, 0.15) is 12.1 Å². The lowest BCUT2D eigenvalue weighted by Gasteiger charge is -2.46. The summed E-state index contributed by atoms with van der Waals surface area (Å²) in [7, 11) is 0. The molecule has 2 aliphatic rings. The third-order valence-corrected chi connectivity index (χ3v) is 7.73. The third kappa shape index (κ3) is 3.31. The van der Waals surface area contributed by atoms with Crippen molar-refractivity contribution in [3.05, 3.63) is 41.3 Å². The molecule has 0 aromatic carbocycles. The number of hydrogen-bond donors (Lipinski definition) is 1. The predicted molar refractivity (Wildman–Crippen MR) is 135 cm³/mol. The van der Waals surface area contributed by atoms with Crippen LogP contribution < -0.4 is 4.90 Å². The number of aryl methyl sites for hydroxylation is 1. The van der Waals surface area contributed by atoms with Gasteiger partial charge in [-0.15, -0.1) is 0 Å². The number of fused-ring (bicyclic) bond motifs is 2. The zero-order chi connectivity index (χ0) is 23.6. The van der Waals surface area contributed by atoms with Crippen LogP contribution in [0.1, 0.15) is 43.4 Å². The van der Waals surface area contributed by atoms with Gasteiger partial charge in [0, 0.05) is 43.0 Å². The summed E-state index contributed by atoms with van der Waals surface area (Å²) >= 11 is 0. The van der Waals surface area contributed by atoms with Crippen LogP contribution in [0.4, 0.5) is 5.82 Å². The highest BCUT2D eigenvalue weighted by atomic mass is 16.5. The molecule has 8 heteroatoms. The minimum Gasteiger partial charge on any atom is -0.378 e. The standard InChI is InChI=1S/C26H33N7O/c1-15(2)23-24(20-11-33-26(27-14-28-33)18(5)17(20)4)29-21-6-7-22(30-25(21)23)32-9-8-31(10-16(32)3)19-12-34-13-19/h6-7,11,14-16,19,29H,8-10,12-13H2,1-5H3/t16-/m0/s1. The molecular formula is C26H33N7O. The first-order valence-electron chi connectivity index (χ1n) is 12.3. The van der Waals surface area contributed by atoms with Crippen molar-refractivity contribution in [1.29, 1.82) is 0 Å². The SMILES string of the molecule is Cc1c(-c2[nH]c3ccc(N4CCN(C5COC5)C[C@@H]4C)nc3c2C(C)C)cn2ncnc2c1C. The summed E-state index contributed by atoms with van der Waals surface area (Å²) in [6.07, 6.45) is 3.71. The van der Waals surface area contributed by atoms with E-state index < -0.39 is 0 Å². The number of aromatic amines is 1. The lowest BCUT2D eigenvalue weighted by atomic mass is 9.95. The highest BCUT2D eigenvalue weighted by Gasteiger charge is 2.33. The van der Waals surface area contributed by atoms with Gasteiger partial charge in [0.25, 0.3) is 0 Å². The largest absolute Gasteiger partial charge is 0.378 e. The number of anilines is 1. The van der Waals surface area contributed by atoms with Crippen molar-refractivity contribution in [3.63, 3.8) is 0 Å². The second-order valence-electron chi connectivity index (χ2n) is 10.2. The van der Waals surface area contributed by atoms with Crippen molar-refractivity contribution in [2.45, 2.75) is 52.6 Å². The number of piperazine rings is 1. The van der Waals surface area contributed by atoms with Crippen LogP contribution in [0, 0.1) is 13.8 Å². The van der Waals surface area contributed by atoms with Gasteiger partial charge in [-0.1, -0.05) is 13.8 Å². The normalized spacial score (nSPS) is 20.1. The number of rotatable bonds is 4. The van der Waals surface area contributed by atoms with Crippen molar-refractivity contribution in [2.24, 2.45) is 0 Å². The van der Waals surface area contributed by atoms with Crippen LogP contribution in [0.5, 0.6) is 0 Å². The minimum atomic E-state index is 0.325. The van der Waals surface area contributed by atoms with Crippen LogP contribution in [0.3, 0.4) is 0 Å². The van der Waals surface area contributed by atoms with Crippen LogP contribution in [0.2, 0.25) is 0 Å². The Hall–Kier alpha value is -2.97. The molecule has 1 N–H and O–H groups in total. The molecule has 34 heavy (non-hydrogen) atoms. The number of hydrogen-bond acceptors (Lipinski definition) is 6. The molecule has 6 rings (SSSR count). The second kappa shape index (κ2) is 8.06. The summed E-state index contributed by atoms with van der Waals surface area (Å²) in [4.78, 5) is 18.4. The van der Waals surface area contributed by atoms with Gasteiger partial charge >= 0.3 is 0 Å². The molecular weight excluding hydrogens is 426 g/mol. The van der Waals surface area contributed by atoms with Crippen LogP contribution in [-0.2, 0) is 4.74 Å². The van der Waals surface area contributed by atoms with Crippen LogP contribution >= 0.6 is 0 Å². The Morgan fingerprint density at radius 1 is 1.12 bits per heavy atom. The molecule has 0 radical (unpaired) electrons. The highest BCUT2D eigenvalue weighted by Crippen LogP contribution is 2.38. The molecule has 0 amide bonds. The van der Waals surface area contributed by atoms with E-state index in [0.29, 0.717) is 18.0 Å². The number of nitrogens with zero attached hydrogens (tertiary/aromatic N) is 6. The topological polar surface area (TPSA) is 74.6 Å². The van der Waals surface area contributed by atoms with E-state index in [0.717, 1.165) is 72.2 Å². The molecule has 0 aliphatic carbocycles. The van der Waals surface area contributed by atoms with E-state index in [-0.39, 0.29) is 0 Å². The van der Waals surface area contributed by atoms with Crippen molar-refractivity contribution in [2.75, 3.05) is 37.7 Å². The summed E-state index contributed by atoms with van der Waals surface area (Å²) in [5.74, 6) is 1.39. The second-order valence-corrected chi connectivity index (χ2v) is 10.2. The lowest BCUT2D eigenvalue weighted by Crippen LogP contribution is -2.59. The average Bonchev–Trinajstić information content (AvgIpc) is 3.39. The first-order chi connectivity index (χ1) is 16.4. The smallest absolute Gasteiger partial charge is 0.158 e. The first-order valence-corrected chi connectivity index (χ1v) is 12.3. The van der Waals surface area contributed by atoms with E-state index >= 15 is 0 Å². The van der Waals surface area contributed by atoms with Crippen molar-refractivity contribution < 1.29 is 4.74 Å². The Morgan fingerprint density at radius 2 is 1.94 bits per heavy atom. The molecule has 2 aliphatic heterocycles. The number of ether oxygens (including phenoxy) is 1. The molecule has 4 aromatic rings. The van der Waals surface area contributed by atoms with E-state index in [4.69, 9.17) is 9.72 Å². The van der Waals surface area contributed by atoms with Gasteiger partial charge in [-0.2, -0.15) is 5.10 Å². The maximum Gasteiger partial charge on any atom is 0.158 e. The number of H-pyrrole nitrogens is 1. The first kappa shape index (κ1) is 21.6. The third-order valence-electron chi connectivity index (χ3n) is 7.73. The summed E-state index contributed by atoms with van der Waals surface area (Å²) in [6, 6.07) is 5.38. The van der Waals surface area contributed by atoms with Gasteiger partial charge in [-0.25, -0.2) is 14.5 Å². The number of pyridine rings is 2. The van der Waals surface area contributed by atoms with Gasteiger partial charge in [0.2, 0.25) is 0 Å². The molecule has 0 saturated carbocycles. The Kier molecular flexibility index (Phi) is 5.11. The maximum absolute atomic E-state index is 5.41. The van der Waals surface area contributed by atoms with E-state index in [9.17, 15) is 0 Å². The van der Waals surface area contributed by atoms with Crippen LogP contribution in [-0.4, -0.2) is 74.4 Å². The van der Waals surface area contributed by atoms with Crippen molar-refractivity contribution >= 4 is 22.5 Å². The quantitative estimate of drug-likeness (QED) is 0.499. The fourth-order valence-electron chi connectivity index (χ4n) is 5.56. The maximum atomic E-state index is 5.41. The fourth-order valence-corrected chi connectivity index (χ4v) is 5.56. The van der Waals surface area contributed by atoms with Gasteiger partial charge < -0.3 is 14.6 Å². The fraction of sp³-hybridized carbons (Fsp3) is 0.500. The summed E-state index contributed by atoms with van der Waals surface area (Å²) in [6.45, 7) is 15.9. The van der Waals surface area contributed by atoms with Crippen LogP contribution in [0.15, 0.2) is 24.7 Å². The number of aromatic nitrogens is 5. The Morgan fingerprint density at radius 3 is 2.65 bits per heavy atom. The van der Waals surface area contributed by atoms with E-state index in [2.05, 4.69) is 77.8 Å². The molecule has 8 nitrogen and oxygen atoms in total. The molecule has 178 valence electrons.